The summed E-state index contributed by atoms with van der Waals surface area (Å²) in [6, 6.07) is 0.823. The van der Waals surface area contributed by atoms with Crippen LogP contribution in [0.15, 0.2) is 0 Å². The van der Waals surface area contributed by atoms with Crippen molar-refractivity contribution in [2.45, 2.75) is 45.6 Å². The maximum absolute atomic E-state index is 3.75. The maximum Gasteiger partial charge on any atom is 0.00953 e. The van der Waals surface area contributed by atoms with E-state index in [1.807, 2.05) is 11.8 Å². The van der Waals surface area contributed by atoms with E-state index in [0.29, 0.717) is 0 Å². The Morgan fingerprint density at radius 3 is 2.86 bits per heavy atom. The summed E-state index contributed by atoms with van der Waals surface area (Å²) in [5.74, 6) is 3.07. The molecular weight excluding hydrogens is 190 g/mol. The molecule has 14 heavy (non-hydrogen) atoms. The molecule has 0 heterocycles. The van der Waals surface area contributed by atoms with Crippen LogP contribution in [-0.4, -0.2) is 24.6 Å². The number of nitrogens with one attached hydrogen (secondary N) is 1. The lowest BCUT2D eigenvalue weighted by molar-refractivity contribution is 0.373. The third-order valence-electron chi connectivity index (χ3n) is 3.36. The highest BCUT2D eigenvalue weighted by Crippen LogP contribution is 2.28. The van der Waals surface area contributed by atoms with Crippen molar-refractivity contribution in [1.82, 2.24) is 5.32 Å². The summed E-state index contributed by atoms with van der Waals surface area (Å²) < 4.78 is 0. The molecule has 84 valence electrons. The van der Waals surface area contributed by atoms with Crippen LogP contribution in [0.25, 0.3) is 0 Å². The first-order valence-corrected chi connectivity index (χ1v) is 7.39. The Labute approximate surface area is 93.4 Å². The fraction of sp³-hybridized carbons (Fsp3) is 1.00. The summed E-state index contributed by atoms with van der Waals surface area (Å²) in [5.41, 5.74) is 0. The van der Waals surface area contributed by atoms with E-state index in [2.05, 4.69) is 25.4 Å². The molecule has 0 aromatic rings. The van der Waals surface area contributed by atoms with Crippen molar-refractivity contribution in [2.75, 3.05) is 18.6 Å². The average Bonchev–Trinajstić information content (AvgIpc) is 2.62. The molecule has 1 N–H and O–H groups in total. The van der Waals surface area contributed by atoms with Crippen molar-refractivity contribution < 1.29 is 0 Å². The van der Waals surface area contributed by atoms with Crippen molar-refractivity contribution in [3.8, 4) is 0 Å². The van der Waals surface area contributed by atoms with Crippen LogP contribution in [0.5, 0.6) is 0 Å². The molecule has 0 amide bonds. The highest BCUT2D eigenvalue weighted by molar-refractivity contribution is 7.98. The monoisotopic (exact) mass is 215 g/mol. The van der Waals surface area contributed by atoms with E-state index in [1.54, 1.807) is 0 Å². The van der Waals surface area contributed by atoms with Gasteiger partial charge in [-0.25, -0.2) is 0 Å². The quantitative estimate of drug-likeness (QED) is 0.730. The minimum Gasteiger partial charge on any atom is -0.313 e. The number of hydrogen-bond acceptors (Lipinski definition) is 2. The van der Waals surface area contributed by atoms with Gasteiger partial charge in [-0.3, -0.25) is 0 Å². The predicted octanol–water partition coefficient (Wildman–Crippen LogP) is 3.15. The van der Waals surface area contributed by atoms with Gasteiger partial charge < -0.3 is 5.32 Å². The molecule has 0 radical (unpaired) electrons. The van der Waals surface area contributed by atoms with E-state index in [4.69, 9.17) is 0 Å². The molecule has 1 nitrogen and oxygen atoms in total. The van der Waals surface area contributed by atoms with Gasteiger partial charge in [0.15, 0.2) is 0 Å². The Morgan fingerprint density at radius 2 is 2.21 bits per heavy atom. The van der Waals surface area contributed by atoms with Gasteiger partial charge >= 0.3 is 0 Å². The second kappa shape index (κ2) is 6.73. The fourth-order valence-corrected chi connectivity index (χ4v) is 3.18. The maximum atomic E-state index is 3.75. The van der Waals surface area contributed by atoms with Crippen LogP contribution in [0.4, 0.5) is 0 Å². The fourth-order valence-electron chi connectivity index (χ4n) is 2.49. The second-order valence-corrected chi connectivity index (χ2v) is 5.59. The molecule has 1 aliphatic rings. The van der Waals surface area contributed by atoms with Crippen LogP contribution >= 0.6 is 11.8 Å². The Morgan fingerprint density at radius 1 is 1.43 bits per heavy atom. The molecule has 0 bridgehead atoms. The van der Waals surface area contributed by atoms with E-state index >= 15 is 0 Å². The summed E-state index contributed by atoms with van der Waals surface area (Å²) in [7, 11) is 0. The minimum atomic E-state index is 0.822. The molecule has 3 unspecified atom stereocenters. The Bertz CT molecular complexity index is 149. The first kappa shape index (κ1) is 12.4. The zero-order chi connectivity index (χ0) is 10.4. The summed E-state index contributed by atoms with van der Waals surface area (Å²) >= 11 is 1.96. The van der Waals surface area contributed by atoms with Crippen molar-refractivity contribution in [3.05, 3.63) is 0 Å². The lowest BCUT2D eigenvalue weighted by Crippen LogP contribution is -2.35. The van der Waals surface area contributed by atoms with Gasteiger partial charge in [0, 0.05) is 6.04 Å². The van der Waals surface area contributed by atoms with Gasteiger partial charge in [-0.15, -0.1) is 0 Å². The second-order valence-electron chi connectivity index (χ2n) is 4.67. The number of thioether (sulfide) groups is 1. The van der Waals surface area contributed by atoms with E-state index in [-0.39, 0.29) is 0 Å². The summed E-state index contributed by atoms with van der Waals surface area (Å²) in [6.45, 7) is 5.89. The summed E-state index contributed by atoms with van der Waals surface area (Å²) in [6.07, 6.45) is 7.85. The lowest BCUT2D eigenvalue weighted by Gasteiger charge is -2.21. The van der Waals surface area contributed by atoms with Crippen molar-refractivity contribution >= 4 is 11.8 Å². The molecule has 0 aliphatic heterocycles. The third kappa shape index (κ3) is 3.82. The number of rotatable bonds is 6. The third-order valence-corrected chi connectivity index (χ3v) is 4.27. The van der Waals surface area contributed by atoms with Crippen LogP contribution in [0.2, 0.25) is 0 Å². The van der Waals surface area contributed by atoms with Gasteiger partial charge in [-0.1, -0.05) is 26.7 Å². The van der Waals surface area contributed by atoms with Crippen molar-refractivity contribution in [3.63, 3.8) is 0 Å². The summed E-state index contributed by atoms with van der Waals surface area (Å²) in [4.78, 5) is 0. The lowest BCUT2D eigenvalue weighted by atomic mass is 10.0. The topological polar surface area (TPSA) is 12.0 Å². The van der Waals surface area contributed by atoms with Crippen LogP contribution < -0.4 is 5.32 Å². The molecular formula is C12H25NS. The molecule has 0 aromatic heterocycles. The SMILES string of the molecule is CCC1CCCC1NCC(C)CSC. The summed E-state index contributed by atoms with van der Waals surface area (Å²) in [5, 5.41) is 3.75. The van der Waals surface area contributed by atoms with Crippen LogP contribution in [-0.2, 0) is 0 Å². The zero-order valence-electron chi connectivity index (χ0n) is 9.88. The van der Waals surface area contributed by atoms with Gasteiger partial charge in [0.2, 0.25) is 0 Å². The van der Waals surface area contributed by atoms with Crippen LogP contribution in [0.1, 0.15) is 39.5 Å². The number of hydrogen-bond donors (Lipinski definition) is 1. The molecule has 0 saturated heterocycles. The minimum absolute atomic E-state index is 0.822. The average molecular weight is 215 g/mol. The Hall–Kier alpha value is 0.310. The van der Waals surface area contributed by atoms with E-state index < -0.39 is 0 Å². The van der Waals surface area contributed by atoms with Gasteiger partial charge in [0.25, 0.3) is 0 Å². The molecule has 0 aromatic carbocycles. The van der Waals surface area contributed by atoms with E-state index in [0.717, 1.165) is 17.9 Å². The highest BCUT2D eigenvalue weighted by atomic mass is 32.2. The molecule has 2 heteroatoms. The van der Waals surface area contributed by atoms with E-state index in [1.165, 1.54) is 38.0 Å². The van der Waals surface area contributed by atoms with Crippen molar-refractivity contribution in [1.29, 1.82) is 0 Å². The standard InChI is InChI=1S/C12H25NS/c1-4-11-6-5-7-12(11)13-8-10(2)9-14-3/h10-13H,4-9H2,1-3H3. The smallest absolute Gasteiger partial charge is 0.00953 e. The molecule has 1 fully saturated rings. The van der Waals surface area contributed by atoms with Crippen molar-refractivity contribution in [2.24, 2.45) is 11.8 Å². The largest absolute Gasteiger partial charge is 0.313 e. The molecule has 1 rings (SSSR count). The zero-order valence-corrected chi connectivity index (χ0v) is 10.7. The Balaban J connectivity index is 2.16. The Kier molecular flexibility index (Phi) is 5.95. The van der Waals surface area contributed by atoms with Gasteiger partial charge in [0.1, 0.15) is 0 Å². The molecule has 3 atom stereocenters. The van der Waals surface area contributed by atoms with Gasteiger partial charge in [-0.2, -0.15) is 11.8 Å². The van der Waals surface area contributed by atoms with E-state index in [9.17, 15) is 0 Å². The molecule has 0 spiro atoms. The normalized spacial score (nSPS) is 29.4. The predicted molar refractivity (Wildman–Crippen MR) is 67.0 cm³/mol. The molecule has 1 saturated carbocycles. The highest BCUT2D eigenvalue weighted by Gasteiger charge is 2.25. The first-order valence-electron chi connectivity index (χ1n) is 6.00. The molecule has 1 aliphatic carbocycles. The van der Waals surface area contributed by atoms with Crippen LogP contribution in [0, 0.1) is 11.8 Å². The van der Waals surface area contributed by atoms with Crippen LogP contribution in [0.3, 0.4) is 0 Å². The van der Waals surface area contributed by atoms with Gasteiger partial charge in [0.05, 0.1) is 0 Å². The van der Waals surface area contributed by atoms with Gasteiger partial charge in [-0.05, 0) is 43.2 Å². The first-order chi connectivity index (χ1) is 6.77.